The predicted molar refractivity (Wildman–Crippen MR) is 90.9 cm³/mol. The van der Waals surface area contributed by atoms with E-state index in [1.165, 1.54) is 41.3 Å². The van der Waals surface area contributed by atoms with E-state index in [0.29, 0.717) is 6.04 Å². The Kier molecular flexibility index (Phi) is 2.82. The number of nitrogens with one attached hydrogen (secondary N) is 1. The summed E-state index contributed by atoms with van der Waals surface area (Å²) in [7, 11) is 0. The van der Waals surface area contributed by atoms with E-state index in [4.69, 9.17) is 0 Å². The van der Waals surface area contributed by atoms with Crippen molar-refractivity contribution in [2.24, 2.45) is 11.8 Å². The molecule has 1 unspecified atom stereocenters. The zero-order valence-electron chi connectivity index (χ0n) is 13.3. The third-order valence-corrected chi connectivity index (χ3v) is 5.99. The van der Waals surface area contributed by atoms with Crippen molar-refractivity contribution in [1.82, 2.24) is 0 Å². The SMILES string of the molecule is CC1CC[C@@H]2[C@H](C1)Nc1c(ccc3ccccc13)C2(C)C. The summed E-state index contributed by atoms with van der Waals surface area (Å²) in [4.78, 5) is 0. The minimum Gasteiger partial charge on any atom is -0.381 e. The van der Waals surface area contributed by atoms with Crippen LogP contribution in [-0.4, -0.2) is 6.04 Å². The molecule has 0 radical (unpaired) electrons. The summed E-state index contributed by atoms with van der Waals surface area (Å²) in [6, 6.07) is 14.1. The van der Waals surface area contributed by atoms with Crippen LogP contribution in [0.15, 0.2) is 36.4 Å². The van der Waals surface area contributed by atoms with E-state index in [-0.39, 0.29) is 5.41 Å². The Morgan fingerprint density at radius 2 is 1.86 bits per heavy atom. The molecule has 1 aliphatic carbocycles. The van der Waals surface area contributed by atoms with Crippen molar-refractivity contribution >= 4 is 16.5 Å². The van der Waals surface area contributed by atoms with E-state index < -0.39 is 0 Å². The van der Waals surface area contributed by atoms with Crippen molar-refractivity contribution in [3.05, 3.63) is 42.0 Å². The molecular formula is C20H25N. The van der Waals surface area contributed by atoms with E-state index in [2.05, 4.69) is 62.5 Å². The Morgan fingerprint density at radius 1 is 1.05 bits per heavy atom. The summed E-state index contributed by atoms with van der Waals surface area (Å²) < 4.78 is 0. The first-order chi connectivity index (χ1) is 10.1. The molecule has 2 aliphatic rings. The topological polar surface area (TPSA) is 12.0 Å². The smallest absolute Gasteiger partial charge is 0.0460 e. The van der Waals surface area contributed by atoms with E-state index in [1.54, 1.807) is 0 Å². The number of anilines is 1. The average molecular weight is 279 g/mol. The van der Waals surface area contributed by atoms with Gasteiger partial charge in [0.05, 0.1) is 0 Å². The van der Waals surface area contributed by atoms with Crippen LogP contribution in [0.1, 0.15) is 45.6 Å². The molecule has 21 heavy (non-hydrogen) atoms. The molecule has 1 heteroatoms. The fourth-order valence-corrected chi connectivity index (χ4v) is 4.75. The van der Waals surface area contributed by atoms with Crippen molar-refractivity contribution in [2.75, 3.05) is 5.32 Å². The van der Waals surface area contributed by atoms with Crippen molar-refractivity contribution in [2.45, 2.75) is 51.5 Å². The molecule has 1 saturated carbocycles. The maximum atomic E-state index is 3.93. The highest BCUT2D eigenvalue weighted by Gasteiger charge is 2.44. The number of hydrogen-bond acceptors (Lipinski definition) is 1. The molecule has 110 valence electrons. The van der Waals surface area contributed by atoms with Gasteiger partial charge in [-0.2, -0.15) is 0 Å². The lowest BCUT2D eigenvalue weighted by Crippen LogP contribution is -2.49. The van der Waals surface area contributed by atoms with E-state index in [0.717, 1.165) is 11.8 Å². The molecule has 0 saturated heterocycles. The highest BCUT2D eigenvalue weighted by Crippen LogP contribution is 2.50. The molecule has 1 N–H and O–H groups in total. The predicted octanol–water partition coefficient (Wildman–Crippen LogP) is 5.35. The molecule has 0 aromatic heterocycles. The van der Waals surface area contributed by atoms with Crippen molar-refractivity contribution in [1.29, 1.82) is 0 Å². The fourth-order valence-electron chi connectivity index (χ4n) is 4.75. The molecule has 4 rings (SSSR count). The zero-order chi connectivity index (χ0) is 14.6. The molecule has 1 fully saturated rings. The fraction of sp³-hybridized carbons (Fsp3) is 0.500. The van der Waals surface area contributed by atoms with Crippen LogP contribution in [0.25, 0.3) is 10.8 Å². The lowest BCUT2D eigenvalue weighted by Gasteiger charge is -2.50. The molecule has 2 aromatic rings. The van der Waals surface area contributed by atoms with Crippen LogP contribution in [0, 0.1) is 11.8 Å². The van der Waals surface area contributed by atoms with Gasteiger partial charge >= 0.3 is 0 Å². The monoisotopic (exact) mass is 279 g/mol. The van der Waals surface area contributed by atoms with Gasteiger partial charge in [-0.1, -0.05) is 63.6 Å². The molecule has 0 bridgehead atoms. The number of benzene rings is 2. The molecule has 3 atom stereocenters. The number of rotatable bonds is 0. The summed E-state index contributed by atoms with van der Waals surface area (Å²) in [6.07, 6.45) is 4.06. The Hall–Kier alpha value is -1.50. The molecule has 1 nitrogen and oxygen atoms in total. The lowest BCUT2D eigenvalue weighted by atomic mass is 9.61. The molecular weight excluding hydrogens is 254 g/mol. The van der Waals surface area contributed by atoms with Crippen LogP contribution in [0.4, 0.5) is 5.69 Å². The lowest BCUT2D eigenvalue weighted by molar-refractivity contribution is 0.174. The summed E-state index contributed by atoms with van der Waals surface area (Å²) in [6.45, 7) is 7.31. The second-order valence-corrected chi connectivity index (χ2v) is 7.71. The van der Waals surface area contributed by atoms with Gasteiger partial charge in [0.2, 0.25) is 0 Å². The molecule has 1 aliphatic heterocycles. The third-order valence-electron chi connectivity index (χ3n) is 5.99. The standard InChI is InChI=1S/C20H25N/c1-13-8-10-16-18(12-13)21-19-15-7-5-4-6-14(15)9-11-17(19)20(16,2)3/h4-7,9,11,13,16,18,21H,8,10,12H2,1-3H3/t13?,16-,18+/m1/s1. The first-order valence-corrected chi connectivity index (χ1v) is 8.36. The largest absolute Gasteiger partial charge is 0.381 e. The van der Waals surface area contributed by atoms with Crippen LogP contribution in [0.5, 0.6) is 0 Å². The molecule has 0 amide bonds. The summed E-state index contributed by atoms with van der Waals surface area (Å²) in [5.41, 5.74) is 3.18. The maximum Gasteiger partial charge on any atom is 0.0460 e. The number of fused-ring (bicyclic) bond motifs is 4. The van der Waals surface area contributed by atoms with Crippen LogP contribution in [0.3, 0.4) is 0 Å². The highest BCUT2D eigenvalue weighted by atomic mass is 15.0. The van der Waals surface area contributed by atoms with Gasteiger partial charge in [-0.25, -0.2) is 0 Å². The van der Waals surface area contributed by atoms with Crippen molar-refractivity contribution in [3.63, 3.8) is 0 Å². The zero-order valence-corrected chi connectivity index (χ0v) is 13.3. The minimum absolute atomic E-state index is 0.273. The van der Waals surface area contributed by atoms with Gasteiger partial charge in [0.15, 0.2) is 0 Å². The Morgan fingerprint density at radius 3 is 2.71 bits per heavy atom. The van der Waals surface area contributed by atoms with Gasteiger partial charge in [-0.05, 0) is 41.0 Å². The first-order valence-electron chi connectivity index (χ1n) is 8.36. The van der Waals surface area contributed by atoms with E-state index >= 15 is 0 Å². The summed E-state index contributed by atoms with van der Waals surface area (Å²) in [5, 5.41) is 6.67. The van der Waals surface area contributed by atoms with Gasteiger partial charge in [0.1, 0.15) is 0 Å². The number of hydrogen-bond donors (Lipinski definition) is 1. The van der Waals surface area contributed by atoms with Gasteiger partial charge in [0, 0.05) is 17.1 Å². The van der Waals surface area contributed by atoms with Crippen LogP contribution >= 0.6 is 0 Å². The van der Waals surface area contributed by atoms with Gasteiger partial charge < -0.3 is 5.32 Å². The Labute approximate surface area is 127 Å². The summed E-state index contributed by atoms with van der Waals surface area (Å²) in [5.74, 6) is 1.62. The minimum atomic E-state index is 0.273. The molecule has 2 aromatic carbocycles. The van der Waals surface area contributed by atoms with Crippen LogP contribution in [-0.2, 0) is 5.41 Å². The quantitative estimate of drug-likeness (QED) is 0.685. The summed E-state index contributed by atoms with van der Waals surface area (Å²) >= 11 is 0. The van der Waals surface area contributed by atoms with Crippen molar-refractivity contribution in [3.8, 4) is 0 Å². The van der Waals surface area contributed by atoms with E-state index in [9.17, 15) is 0 Å². The van der Waals surface area contributed by atoms with Crippen LogP contribution < -0.4 is 5.32 Å². The van der Waals surface area contributed by atoms with Gasteiger partial charge in [-0.15, -0.1) is 0 Å². The molecule has 1 heterocycles. The Bertz CT molecular complexity index is 685. The first kappa shape index (κ1) is 13.2. The van der Waals surface area contributed by atoms with Crippen molar-refractivity contribution < 1.29 is 0 Å². The van der Waals surface area contributed by atoms with Gasteiger partial charge in [0.25, 0.3) is 0 Å². The second kappa shape index (κ2) is 4.50. The second-order valence-electron chi connectivity index (χ2n) is 7.71. The Balaban J connectivity index is 1.91. The van der Waals surface area contributed by atoms with E-state index in [1.807, 2.05) is 0 Å². The normalized spacial score (nSPS) is 30.3. The maximum absolute atomic E-state index is 3.93. The molecule has 0 spiro atoms. The third kappa shape index (κ3) is 1.90. The van der Waals surface area contributed by atoms with Crippen LogP contribution in [0.2, 0.25) is 0 Å². The van der Waals surface area contributed by atoms with Gasteiger partial charge in [-0.3, -0.25) is 0 Å². The average Bonchev–Trinajstić information content (AvgIpc) is 2.46. The highest BCUT2D eigenvalue weighted by molar-refractivity contribution is 5.96.